The van der Waals surface area contributed by atoms with Gasteiger partial charge in [-0.25, -0.2) is 0 Å². The van der Waals surface area contributed by atoms with Crippen LogP contribution in [-0.2, 0) is 11.2 Å². The maximum absolute atomic E-state index is 12.1. The van der Waals surface area contributed by atoms with E-state index in [0.717, 1.165) is 16.1 Å². The monoisotopic (exact) mass is 353 g/mol. The molecule has 0 unspecified atom stereocenters. The van der Waals surface area contributed by atoms with Gasteiger partial charge in [0.15, 0.2) is 0 Å². The van der Waals surface area contributed by atoms with E-state index in [9.17, 15) is 15.2 Å². The van der Waals surface area contributed by atoms with Crippen LogP contribution in [0.2, 0.25) is 0 Å². The summed E-state index contributed by atoms with van der Waals surface area (Å²) in [5.41, 5.74) is 1.82. The molecule has 0 saturated heterocycles. The Balaban J connectivity index is 1.89. The van der Waals surface area contributed by atoms with Crippen LogP contribution in [0.1, 0.15) is 5.56 Å². The normalized spacial score (nSPS) is 10.8. The van der Waals surface area contributed by atoms with Crippen molar-refractivity contribution in [3.8, 4) is 11.8 Å². The van der Waals surface area contributed by atoms with E-state index in [0.29, 0.717) is 13.0 Å². The number of nitriles is 1. The van der Waals surface area contributed by atoms with Crippen LogP contribution in [0.25, 0.3) is 0 Å². The van der Waals surface area contributed by atoms with Crippen molar-refractivity contribution in [2.75, 3.05) is 18.1 Å². The molecule has 0 aliphatic heterocycles. The molecule has 25 heavy (non-hydrogen) atoms. The predicted octanol–water partition coefficient (Wildman–Crippen LogP) is 3.29. The molecule has 0 aliphatic carbocycles. The second kappa shape index (κ2) is 9.40. The second-order valence-corrected chi connectivity index (χ2v) is 6.10. The molecule has 0 heterocycles. The number of hydrogen-bond acceptors (Lipinski definition) is 5. The lowest BCUT2D eigenvalue weighted by atomic mass is 10.1. The van der Waals surface area contributed by atoms with Gasteiger partial charge in [-0.1, -0.05) is 18.2 Å². The van der Waals surface area contributed by atoms with Crippen molar-refractivity contribution < 1.29 is 9.90 Å². The van der Waals surface area contributed by atoms with E-state index in [1.54, 1.807) is 36.0 Å². The predicted molar refractivity (Wildman–Crippen MR) is 100 cm³/mol. The molecule has 2 rings (SSSR count). The third-order valence-electron chi connectivity index (χ3n) is 3.45. The highest BCUT2D eigenvalue weighted by atomic mass is 32.2. The Hall–Kier alpha value is -2.91. The Morgan fingerprint density at radius 1 is 1.28 bits per heavy atom. The number of nitrogens with zero attached hydrogens (tertiary/aromatic N) is 1. The Kier molecular flexibility index (Phi) is 6.93. The molecular formula is C19H19N3O2S. The van der Waals surface area contributed by atoms with Gasteiger partial charge in [0.25, 0.3) is 5.91 Å². The van der Waals surface area contributed by atoms with Crippen LogP contribution in [0.3, 0.4) is 0 Å². The smallest absolute Gasteiger partial charge is 0.263 e. The highest BCUT2D eigenvalue weighted by Gasteiger charge is 2.08. The molecule has 5 nitrogen and oxygen atoms in total. The van der Waals surface area contributed by atoms with Crippen LogP contribution >= 0.6 is 11.8 Å². The summed E-state index contributed by atoms with van der Waals surface area (Å²) in [5.74, 6) is -0.214. The van der Waals surface area contributed by atoms with Gasteiger partial charge in [0.05, 0.1) is 0 Å². The molecule has 0 bridgehead atoms. The molecule has 0 aliphatic rings. The Morgan fingerprint density at radius 3 is 2.72 bits per heavy atom. The van der Waals surface area contributed by atoms with Gasteiger partial charge in [-0.05, 0) is 48.6 Å². The lowest BCUT2D eigenvalue weighted by molar-refractivity contribution is -0.117. The zero-order valence-electron chi connectivity index (χ0n) is 13.8. The van der Waals surface area contributed by atoms with Crippen molar-refractivity contribution in [1.82, 2.24) is 5.32 Å². The third kappa shape index (κ3) is 5.90. The fourth-order valence-corrected chi connectivity index (χ4v) is 2.55. The Labute approximate surface area is 151 Å². The van der Waals surface area contributed by atoms with Gasteiger partial charge in [-0.3, -0.25) is 4.79 Å². The number of amides is 1. The summed E-state index contributed by atoms with van der Waals surface area (Å²) in [6.45, 7) is 0.407. The van der Waals surface area contributed by atoms with Gasteiger partial charge in [0.1, 0.15) is 17.4 Å². The van der Waals surface area contributed by atoms with Gasteiger partial charge in [0.2, 0.25) is 0 Å². The molecule has 2 aromatic rings. The summed E-state index contributed by atoms with van der Waals surface area (Å²) in [5, 5.41) is 24.1. The van der Waals surface area contributed by atoms with E-state index >= 15 is 0 Å². The van der Waals surface area contributed by atoms with Crippen molar-refractivity contribution >= 4 is 23.4 Å². The van der Waals surface area contributed by atoms with Crippen LogP contribution < -0.4 is 10.6 Å². The standard InChI is InChI=1S/C19H19N3O2S/c1-25-18-4-2-3-16(11-18)22-13-15(12-20)19(24)21-10-9-14-5-7-17(23)8-6-14/h2-8,11,13,22-23H,9-10H2,1H3,(H,21,24)/b15-13-. The van der Waals surface area contributed by atoms with E-state index < -0.39 is 5.91 Å². The molecule has 2 aromatic carbocycles. The number of anilines is 1. The number of carbonyl (C=O) groups excluding carboxylic acids is 1. The highest BCUT2D eigenvalue weighted by Crippen LogP contribution is 2.19. The van der Waals surface area contributed by atoms with E-state index in [2.05, 4.69) is 10.6 Å². The number of benzene rings is 2. The minimum atomic E-state index is -0.421. The maximum atomic E-state index is 12.1. The lowest BCUT2D eigenvalue weighted by Crippen LogP contribution is -2.27. The molecule has 0 spiro atoms. The molecule has 0 atom stereocenters. The lowest BCUT2D eigenvalue weighted by Gasteiger charge is -2.06. The molecule has 0 radical (unpaired) electrons. The molecule has 0 aromatic heterocycles. The number of carbonyl (C=O) groups is 1. The van der Waals surface area contributed by atoms with E-state index in [1.807, 2.05) is 36.6 Å². The highest BCUT2D eigenvalue weighted by molar-refractivity contribution is 7.98. The quantitative estimate of drug-likeness (QED) is 0.404. The number of rotatable bonds is 7. The van der Waals surface area contributed by atoms with E-state index in [-0.39, 0.29) is 11.3 Å². The van der Waals surface area contributed by atoms with Gasteiger partial charge in [0, 0.05) is 23.3 Å². The topological polar surface area (TPSA) is 85.2 Å². The minimum absolute atomic E-state index is 0.0141. The van der Waals surface area contributed by atoms with E-state index in [4.69, 9.17) is 0 Å². The van der Waals surface area contributed by atoms with Gasteiger partial charge < -0.3 is 15.7 Å². The average molecular weight is 353 g/mol. The average Bonchev–Trinajstić information content (AvgIpc) is 2.64. The Bertz CT molecular complexity index is 795. The van der Waals surface area contributed by atoms with Gasteiger partial charge >= 0.3 is 0 Å². The first-order valence-corrected chi connectivity index (χ1v) is 8.92. The van der Waals surface area contributed by atoms with Gasteiger partial charge in [-0.15, -0.1) is 11.8 Å². The summed E-state index contributed by atoms with van der Waals surface area (Å²) >= 11 is 1.62. The van der Waals surface area contributed by atoms with Crippen molar-refractivity contribution in [2.45, 2.75) is 11.3 Å². The first-order valence-electron chi connectivity index (χ1n) is 7.69. The molecule has 0 saturated carbocycles. The van der Waals surface area contributed by atoms with Crippen molar-refractivity contribution in [1.29, 1.82) is 5.26 Å². The number of nitrogens with one attached hydrogen (secondary N) is 2. The van der Waals surface area contributed by atoms with Crippen molar-refractivity contribution in [3.05, 3.63) is 65.9 Å². The first-order chi connectivity index (χ1) is 12.1. The fourth-order valence-electron chi connectivity index (χ4n) is 2.10. The number of aromatic hydroxyl groups is 1. The summed E-state index contributed by atoms with van der Waals surface area (Å²) in [7, 11) is 0. The summed E-state index contributed by atoms with van der Waals surface area (Å²) in [6.07, 6.45) is 4.01. The molecule has 128 valence electrons. The number of thioether (sulfide) groups is 1. The zero-order chi connectivity index (χ0) is 18.1. The van der Waals surface area contributed by atoms with Crippen LogP contribution in [0.15, 0.2) is 65.2 Å². The van der Waals surface area contributed by atoms with Crippen LogP contribution in [0.4, 0.5) is 5.69 Å². The maximum Gasteiger partial charge on any atom is 0.263 e. The number of phenolic OH excluding ortho intramolecular Hbond substituents is 1. The molecule has 3 N–H and O–H groups in total. The molecule has 0 fully saturated rings. The third-order valence-corrected chi connectivity index (χ3v) is 4.18. The summed E-state index contributed by atoms with van der Waals surface area (Å²) in [4.78, 5) is 13.2. The van der Waals surface area contributed by atoms with Crippen LogP contribution in [0, 0.1) is 11.3 Å². The van der Waals surface area contributed by atoms with Gasteiger partial charge in [-0.2, -0.15) is 5.26 Å². The SMILES string of the molecule is CSc1cccc(N/C=C(/C#N)C(=O)NCCc2ccc(O)cc2)c1. The van der Waals surface area contributed by atoms with Crippen LogP contribution in [0.5, 0.6) is 5.75 Å². The largest absolute Gasteiger partial charge is 0.508 e. The van der Waals surface area contributed by atoms with Crippen molar-refractivity contribution in [2.24, 2.45) is 0 Å². The first kappa shape index (κ1) is 18.4. The minimum Gasteiger partial charge on any atom is -0.508 e. The molecule has 1 amide bonds. The fraction of sp³-hybridized carbons (Fsp3) is 0.158. The summed E-state index contributed by atoms with van der Waals surface area (Å²) in [6, 6.07) is 16.4. The number of hydrogen-bond donors (Lipinski definition) is 3. The van der Waals surface area contributed by atoms with Crippen LogP contribution in [-0.4, -0.2) is 23.8 Å². The van der Waals surface area contributed by atoms with E-state index in [1.165, 1.54) is 6.20 Å². The second-order valence-electron chi connectivity index (χ2n) is 5.22. The van der Waals surface area contributed by atoms with Crippen molar-refractivity contribution in [3.63, 3.8) is 0 Å². The number of phenols is 1. The Morgan fingerprint density at radius 2 is 2.04 bits per heavy atom. The summed E-state index contributed by atoms with van der Waals surface area (Å²) < 4.78 is 0. The molecular weight excluding hydrogens is 334 g/mol. The molecule has 6 heteroatoms. The zero-order valence-corrected chi connectivity index (χ0v) is 14.6.